The number of rotatable bonds is 7. The molecule has 0 aliphatic carbocycles. The zero-order chi connectivity index (χ0) is 16.8. The second kappa shape index (κ2) is 7.79. The van der Waals surface area contributed by atoms with E-state index in [4.69, 9.17) is 10.5 Å². The lowest BCUT2D eigenvalue weighted by molar-refractivity contribution is 0.137. The molecule has 1 aromatic heterocycles. The van der Waals surface area contributed by atoms with Gasteiger partial charge in [-0.05, 0) is 25.0 Å². The Morgan fingerprint density at radius 1 is 1.08 bits per heavy atom. The van der Waals surface area contributed by atoms with E-state index in [1.165, 1.54) is 5.56 Å². The van der Waals surface area contributed by atoms with Crippen LogP contribution in [-0.2, 0) is 11.2 Å². The minimum absolute atomic E-state index is 0.139. The molecule has 1 heterocycles. The molecule has 0 amide bonds. The summed E-state index contributed by atoms with van der Waals surface area (Å²) >= 11 is 0. The van der Waals surface area contributed by atoms with E-state index < -0.39 is 0 Å². The van der Waals surface area contributed by atoms with Gasteiger partial charge in [-0.15, -0.1) is 0 Å². The van der Waals surface area contributed by atoms with Crippen molar-refractivity contribution in [2.45, 2.75) is 19.4 Å². The van der Waals surface area contributed by atoms with Gasteiger partial charge in [0.2, 0.25) is 0 Å². The second-order valence-corrected chi connectivity index (χ2v) is 5.80. The number of para-hydroxylation sites is 1. The molecule has 4 nitrogen and oxygen atoms in total. The van der Waals surface area contributed by atoms with Crippen LogP contribution in [0.25, 0.3) is 10.9 Å². The summed E-state index contributed by atoms with van der Waals surface area (Å²) in [5.41, 5.74) is 9.98. The Labute approximate surface area is 142 Å². The third-order valence-electron chi connectivity index (χ3n) is 4.00. The molecule has 3 aromatic rings. The fraction of sp³-hybridized carbons (Fsp3) is 0.250. The summed E-state index contributed by atoms with van der Waals surface area (Å²) in [6, 6.07) is 18.6. The van der Waals surface area contributed by atoms with Gasteiger partial charge >= 0.3 is 0 Å². The van der Waals surface area contributed by atoms with E-state index in [1.807, 2.05) is 37.3 Å². The van der Waals surface area contributed by atoms with Crippen molar-refractivity contribution in [3.05, 3.63) is 66.4 Å². The summed E-state index contributed by atoms with van der Waals surface area (Å²) in [5.74, 6) is 0. The zero-order valence-electron chi connectivity index (χ0n) is 13.9. The maximum Gasteiger partial charge on any atom is 0.0743 e. The average Bonchev–Trinajstić information content (AvgIpc) is 2.63. The Balaban J connectivity index is 1.88. The van der Waals surface area contributed by atoms with Crippen molar-refractivity contribution in [1.29, 1.82) is 0 Å². The number of hydrogen-bond acceptors (Lipinski definition) is 4. The van der Waals surface area contributed by atoms with Crippen LogP contribution in [0.4, 0.5) is 11.4 Å². The summed E-state index contributed by atoms with van der Waals surface area (Å²) in [4.78, 5) is 4.40. The molecule has 4 heteroatoms. The maximum atomic E-state index is 6.19. The van der Waals surface area contributed by atoms with Crippen LogP contribution in [0.15, 0.2) is 60.8 Å². The van der Waals surface area contributed by atoms with Gasteiger partial charge in [-0.3, -0.25) is 4.98 Å². The van der Waals surface area contributed by atoms with E-state index in [-0.39, 0.29) is 6.04 Å². The number of anilines is 2. The molecule has 0 spiro atoms. The maximum absolute atomic E-state index is 6.19. The first-order valence-corrected chi connectivity index (χ1v) is 8.29. The molecule has 124 valence electrons. The number of nitrogen functional groups attached to an aromatic ring is 1. The van der Waals surface area contributed by atoms with Gasteiger partial charge in [0.15, 0.2) is 0 Å². The first kappa shape index (κ1) is 16.3. The highest BCUT2D eigenvalue weighted by Gasteiger charge is 2.14. The molecule has 2 aromatic carbocycles. The fourth-order valence-corrected chi connectivity index (χ4v) is 2.83. The number of hydrogen-bond donors (Lipinski definition) is 2. The van der Waals surface area contributed by atoms with Crippen molar-refractivity contribution in [3.63, 3.8) is 0 Å². The highest BCUT2D eigenvalue weighted by Crippen LogP contribution is 2.28. The van der Waals surface area contributed by atoms with E-state index >= 15 is 0 Å². The van der Waals surface area contributed by atoms with Crippen molar-refractivity contribution in [2.75, 3.05) is 24.3 Å². The third kappa shape index (κ3) is 3.84. The SMILES string of the molecule is CCOC[C@@H](Cc1ccccc1)Nc1c(N)cnc2ccccc12. The van der Waals surface area contributed by atoms with Crippen molar-refractivity contribution in [1.82, 2.24) is 4.98 Å². The molecule has 0 unspecified atom stereocenters. The number of nitrogens with one attached hydrogen (secondary N) is 1. The Morgan fingerprint density at radius 2 is 1.83 bits per heavy atom. The van der Waals surface area contributed by atoms with Gasteiger partial charge in [0, 0.05) is 12.0 Å². The topological polar surface area (TPSA) is 60.2 Å². The van der Waals surface area contributed by atoms with Crippen LogP contribution >= 0.6 is 0 Å². The summed E-state index contributed by atoms with van der Waals surface area (Å²) < 4.78 is 5.67. The van der Waals surface area contributed by atoms with Crippen LogP contribution in [0, 0.1) is 0 Å². The lowest BCUT2D eigenvalue weighted by atomic mass is 10.1. The molecule has 0 aliphatic heterocycles. The Morgan fingerprint density at radius 3 is 2.62 bits per heavy atom. The van der Waals surface area contributed by atoms with Crippen LogP contribution in [0.3, 0.4) is 0 Å². The summed E-state index contributed by atoms with van der Waals surface area (Å²) in [5, 5.41) is 4.62. The lowest BCUT2D eigenvalue weighted by Gasteiger charge is -2.22. The average molecular weight is 321 g/mol. The molecule has 0 bridgehead atoms. The minimum Gasteiger partial charge on any atom is -0.396 e. The first-order chi connectivity index (χ1) is 11.8. The van der Waals surface area contributed by atoms with E-state index in [0.29, 0.717) is 18.9 Å². The molecule has 3 N–H and O–H groups in total. The normalized spacial score (nSPS) is 12.2. The Kier molecular flexibility index (Phi) is 5.29. The smallest absolute Gasteiger partial charge is 0.0743 e. The Bertz CT molecular complexity index is 789. The quantitative estimate of drug-likeness (QED) is 0.693. The molecule has 3 rings (SSSR count). The van der Waals surface area contributed by atoms with Gasteiger partial charge < -0.3 is 15.8 Å². The van der Waals surface area contributed by atoms with Gasteiger partial charge in [0.1, 0.15) is 0 Å². The predicted octanol–water partition coefficient (Wildman–Crippen LogP) is 3.88. The van der Waals surface area contributed by atoms with E-state index in [2.05, 4.69) is 34.6 Å². The van der Waals surface area contributed by atoms with Crippen LogP contribution < -0.4 is 11.1 Å². The van der Waals surface area contributed by atoms with Crippen LogP contribution in [-0.4, -0.2) is 24.2 Å². The van der Waals surface area contributed by atoms with Crippen LogP contribution in [0.2, 0.25) is 0 Å². The molecular formula is C20H23N3O. The van der Waals surface area contributed by atoms with Crippen LogP contribution in [0.1, 0.15) is 12.5 Å². The molecule has 0 fully saturated rings. The van der Waals surface area contributed by atoms with Gasteiger partial charge in [-0.25, -0.2) is 0 Å². The first-order valence-electron chi connectivity index (χ1n) is 8.29. The number of aromatic nitrogens is 1. The molecule has 0 radical (unpaired) electrons. The van der Waals surface area contributed by atoms with E-state index in [9.17, 15) is 0 Å². The van der Waals surface area contributed by atoms with Gasteiger partial charge in [-0.1, -0.05) is 48.5 Å². The predicted molar refractivity (Wildman–Crippen MR) is 100 cm³/mol. The summed E-state index contributed by atoms with van der Waals surface area (Å²) in [7, 11) is 0. The monoisotopic (exact) mass is 321 g/mol. The number of pyridine rings is 1. The van der Waals surface area contributed by atoms with Crippen LogP contribution in [0.5, 0.6) is 0 Å². The van der Waals surface area contributed by atoms with Crippen molar-refractivity contribution in [2.24, 2.45) is 0 Å². The molecule has 0 aliphatic rings. The summed E-state index contributed by atoms with van der Waals surface area (Å²) in [6.45, 7) is 3.33. The highest BCUT2D eigenvalue weighted by molar-refractivity contribution is 5.96. The molecule has 0 saturated carbocycles. The largest absolute Gasteiger partial charge is 0.396 e. The van der Waals surface area contributed by atoms with Crippen molar-refractivity contribution >= 4 is 22.3 Å². The molecule has 1 atom stereocenters. The number of ether oxygens (including phenoxy) is 1. The van der Waals surface area contributed by atoms with Gasteiger partial charge in [0.25, 0.3) is 0 Å². The second-order valence-electron chi connectivity index (χ2n) is 5.80. The van der Waals surface area contributed by atoms with E-state index in [0.717, 1.165) is 23.0 Å². The number of benzene rings is 2. The third-order valence-corrected chi connectivity index (χ3v) is 4.00. The summed E-state index contributed by atoms with van der Waals surface area (Å²) in [6.07, 6.45) is 2.59. The molecular weight excluding hydrogens is 298 g/mol. The van der Waals surface area contributed by atoms with Gasteiger partial charge in [-0.2, -0.15) is 0 Å². The fourth-order valence-electron chi connectivity index (χ4n) is 2.83. The minimum atomic E-state index is 0.139. The number of nitrogens with zero attached hydrogens (tertiary/aromatic N) is 1. The zero-order valence-corrected chi connectivity index (χ0v) is 13.9. The van der Waals surface area contributed by atoms with E-state index in [1.54, 1.807) is 6.20 Å². The lowest BCUT2D eigenvalue weighted by Crippen LogP contribution is -2.28. The number of nitrogens with two attached hydrogens (primary N) is 1. The number of fused-ring (bicyclic) bond motifs is 1. The van der Waals surface area contributed by atoms with Crippen molar-refractivity contribution < 1.29 is 4.74 Å². The van der Waals surface area contributed by atoms with Crippen molar-refractivity contribution in [3.8, 4) is 0 Å². The highest BCUT2D eigenvalue weighted by atomic mass is 16.5. The Hall–Kier alpha value is -2.59. The van der Waals surface area contributed by atoms with Gasteiger partial charge in [0.05, 0.1) is 35.7 Å². The standard InChI is InChI=1S/C20H23N3O/c1-2-24-14-16(12-15-8-4-3-5-9-15)23-20-17-10-6-7-11-19(17)22-13-18(20)21/h3-11,13,16H,2,12,14,21H2,1H3,(H,22,23)/t16-/m1/s1. The molecule has 0 saturated heterocycles. The molecule has 24 heavy (non-hydrogen) atoms.